The number of oxime groups is 1. The number of β-lactam (4-membered cyclic amide) rings is 1. The number of nitrogens with zero attached hydrogens (tertiary/aromatic N) is 4. The number of hydrogen-bond donors (Lipinski definition) is 3. The van der Waals surface area contributed by atoms with Crippen LogP contribution in [0.3, 0.4) is 0 Å². The number of rotatable bonds is 8. The van der Waals surface area contributed by atoms with Crippen LogP contribution < -0.4 is 5.32 Å². The highest BCUT2D eigenvalue weighted by molar-refractivity contribution is 8.04. The van der Waals surface area contributed by atoms with Crippen LogP contribution in [-0.2, 0) is 24.0 Å². The highest BCUT2D eigenvalue weighted by atomic mass is 32.2. The minimum Gasteiger partial charge on any atom is -0.480 e. The van der Waals surface area contributed by atoms with Gasteiger partial charge < -0.3 is 25.3 Å². The Labute approximate surface area is 176 Å². The Hall–Kier alpha value is -2.39. The van der Waals surface area contributed by atoms with Crippen LogP contribution in [-0.4, -0.2) is 95.3 Å². The molecule has 2 aliphatic rings. The third-order valence-corrected chi connectivity index (χ3v) is 7.67. The number of aliphatic carboxylic acids is 2. The second kappa shape index (κ2) is 8.54. The van der Waals surface area contributed by atoms with Gasteiger partial charge in [0.1, 0.15) is 21.7 Å². The van der Waals surface area contributed by atoms with Crippen molar-refractivity contribution < 1.29 is 34.2 Å². The molecule has 29 heavy (non-hydrogen) atoms. The number of hydrogen-bond acceptors (Lipinski definition) is 11. The molecule has 156 valence electrons. The van der Waals surface area contributed by atoms with Gasteiger partial charge in [-0.1, -0.05) is 5.16 Å². The molecule has 2 unspecified atom stereocenters. The maximum absolute atomic E-state index is 12.6. The van der Waals surface area contributed by atoms with Gasteiger partial charge in [-0.2, -0.15) is 4.37 Å². The summed E-state index contributed by atoms with van der Waals surface area (Å²) in [5.74, 6) is -3.26. The van der Waals surface area contributed by atoms with E-state index < -0.39 is 46.5 Å². The summed E-state index contributed by atoms with van der Waals surface area (Å²) >= 11 is 3.40. The van der Waals surface area contributed by atoms with E-state index in [0.29, 0.717) is 0 Å². The van der Waals surface area contributed by atoms with E-state index in [1.54, 1.807) is 6.26 Å². The Morgan fingerprint density at radius 3 is 2.83 bits per heavy atom. The maximum atomic E-state index is 12.6. The lowest BCUT2D eigenvalue weighted by molar-refractivity contribution is -0.151. The summed E-state index contributed by atoms with van der Waals surface area (Å²) in [4.78, 5) is 57.2. The Kier molecular flexibility index (Phi) is 6.28. The van der Waals surface area contributed by atoms with Gasteiger partial charge in [-0.25, -0.2) is 9.78 Å². The molecule has 1 aromatic rings. The molecular formula is C14H15N5O7S3. The summed E-state index contributed by atoms with van der Waals surface area (Å²) in [6, 6.07) is -0.871. The third-order valence-electron chi connectivity index (χ3n) is 4.25. The van der Waals surface area contributed by atoms with E-state index in [-0.39, 0.29) is 23.8 Å². The molecule has 3 heterocycles. The number of fused-ring (bicyclic) bond motifs is 1. The Bertz CT molecular complexity index is 864. The number of amides is 2. The first kappa shape index (κ1) is 21.3. The number of thioether (sulfide) groups is 2. The summed E-state index contributed by atoms with van der Waals surface area (Å²) in [5.41, 5.74) is 1.000. The predicted octanol–water partition coefficient (Wildman–Crippen LogP) is -1.07. The van der Waals surface area contributed by atoms with E-state index in [2.05, 4.69) is 24.7 Å². The summed E-state index contributed by atoms with van der Waals surface area (Å²) in [6.07, 6.45) is 1.68. The van der Waals surface area contributed by atoms with Crippen molar-refractivity contribution >= 4 is 64.5 Å². The highest BCUT2D eigenvalue weighted by Crippen LogP contribution is 2.43. The number of aromatic nitrogens is 2. The molecule has 2 aliphatic heterocycles. The number of carbonyl (C=O) groups is 4. The molecule has 15 heteroatoms. The van der Waals surface area contributed by atoms with Gasteiger partial charge in [0.25, 0.3) is 5.91 Å². The topological polar surface area (TPSA) is 171 Å². The van der Waals surface area contributed by atoms with E-state index in [9.17, 15) is 24.3 Å². The molecule has 3 atom stereocenters. The zero-order valence-electron chi connectivity index (χ0n) is 14.8. The minimum absolute atomic E-state index is 0.0443. The molecule has 1 aromatic heterocycles. The molecule has 3 N–H and O–H groups in total. The van der Waals surface area contributed by atoms with Crippen molar-refractivity contribution in [2.24, 2.45) is 5.16 Å². The molecule has 0 radical (unpaired) electrons. The zero-order valence-corrected chi connectivity index (χ0v) is 17.3. The summed E-state index contributed by atoms with van der Waals surface area (Å²) in [5, 5.41) is 23.7. The number of nitrogens with one attached hydrogen (secondary N) is 1. The number of carboxylic acid groups (broad SMARTS) is 2. The van der Waals surface area contributed by atoms with Gasteiger partial charge in [-0.3, -0.25) is 14.4 Å². The van der Waals surface area contributed by atoms with Crippen molar-refractivity contribution in [2.45, 2.75) is 16.2 Å². The normalized spacial score (nSPS) is 26.3. The molecule has 0 aromatic carbocycles. The number of carbonyl (C=O) groups excluding carboxylic acids is 2. The Morgan fingerprint density at radius 1 is 1.48 bits per heavy atom. The molecule has 2 saturated heterocycles. The van der Waals surface area contributed by atoms with Crippen LogP contribution in [0.2, 0.25) is 0 Å². The van der Waals surface area contributed by atoms with Crippen LogP contribution in [0.25, 0.3) is 0 Å². The number of carboxylic acids is 2. The molecule has 2 amide bonds. The van der Waals surface area contributed by atoms with Gasteiger partial charge in [0.15, 0.2) is 0 Å². The second-order valence-electron chi connectivity index (χ2n) is 5.98. The van der Waals surface area contributed by atoms with Gasteiger partial charge in [-0.15, -0.1) is 23.5 Å². The fourth-order valence-corrected chi connectivity index (χ4v) is 5.65. The summed E-state index contributed by atoms with van der Waals surface area (Å²) in [6.45, 7) is -0.718. The molecule has 3 rings (SSSR count). The molecule has 12 nitrogen and oxygen atoms in total. The van der Waals surface area contributed by atoms with Crippen LogP contribution in [0.5, 0.6) is 0 Å². The van der Waals surface area contributed by atoms with Crippen LogP contribution in [0, 0.1) is 0 Å². The maximum Gasteiger partial charge on any atom is 0.344 e. The van der Waals surface area contributed by atoms with Crippen LogP contribution in [0.1, 0.15) is 5.82 Å². The van der Waals surface area contributed by atoms with Gasteiger partial charge in [-0.05, 0) is 17.8 Å². The van der Waals surface area contributed by atoms with Gasteiger partial charge in [0.05, 0.1) is 0 Å². The van der Waals surface area contributed by atoms with Crippen LogP contribution in [0.4, 0.5) is 0 Å². The van der Waals surface area contributed by atoms with Crippen molar-refractivity contribution in [1.82, 2.24) is 19.6 Å². The first-order chi connectivity index (χ1) is 13.8. The molecule has 0 spiro atoms. The average molecular weight is 462 g/mol. The largest absolute Gasteiger partial charge is 0.480 e. The first-order valence-corrected chi connectivity index (χ1v) is 11.1. The van der Waals surface area contributed by atoms with Crippen molar-refractivity contribution in [3.05, 3.63) is 11.3 Å². The van der Waals surface area contributed by atoms with Crippen molar-refractivity contribution in [3.63, 3.8) is 0 Å². The lowest BCUT2D eigenvalue weighted by Crippen LogP contribution is -2.74. The Morgan fingerprint density at radius 2 is 2.24 bits per heavy atom. The fourth-order valence-electron chi connectivity index (χ4n) is 2.71. The monoisotopic (exact) mass is 461 g/mol. The average Bonchev–Trinajstić information content (AvgIpc) is 3.22. The van der Waals surface area contributed by atoms with Gasteiger partial charge in [0, 0.05) is 12.3 Å². The van der Waals surface area contributed by atoms with E-state index >= 15 is 0 Å². The molecular weight excluding hydrogens is 446 g/mol. The van der Waals surface area contributed by atoms with Crippen molar-refractivity contribution in [3.8, 4) is 0 Å². The standard InChI is InChI=1S/C14H15N5O7S3/c1-27-14(13(24)25)3-19-11(23)8(12(19)28-4-14)16-10(22)7(9-15-5-29-18-9)17-26-2-6(20)21/h5,8,12H,2-4H2,1H3,(H,16,22)(H,20,21)(H,24,25)/t8?,12-,14?/m1/s1. The Balaban J connectivity index is 1.69. The fraction of sp³-hybridized carbons (Fsp3) is 0.500. The first-order valence-electron chi connectivity index (χ1n) is 7.99. The minimum atomic E-state index is -1.28. The zero-order chi connectivity index (χ0) is 21.2. The summed E-state index contributed by atoms with van der Waals surface area (Å²) in [7, 11) is 0. The lowest BCUT2D eigenvalue weighted by Gasteiger charge is -2.53. The molecule has 0 aliphatic carbocycles. The lowest BCUT2D eigenvalue weighted by atomic mass is 10.0. The predicted molar refractivity (Wildman–Crippen MR) is 104 cm³/mol. The second-order valence-corrected chi connectivity index (χ2v) is 8.88. The van der Waals surface area contributed by atoms with E-state index in [4.69, 9.17) is 5.11 Å². The van der Waals surface area contributed by atoms with Crippen LogP contribution >= 0.6 is 35.1 Å². The summed E-state index contributed by atoms with van der Waals surface area (Å²) < 4.78 is 2.79. The third kappa shape index (κ3) is 4.16. The quantitative estimate of drug-likeness (QED) is 0.244. The van der Waals surface area contributed by atoms with E-state index in [1.165, 1.54) is 33.9 Å². The molecule has 2 fully saturated rings. The SMILES string of the molecule is CSC1(C(=O)O)CS[C@@H]2C(NC(=O)C(=NOCC(=O)O)c3ncsn3)C(=O)N2C1. The molecule has 0 bridgehead atoms. The van der Waals surface area contributed by atoms with E-state index in [1.807, 2.05) is 0 Å². The van der Waals surface area contributed by atoms with Crippen molar-refractivity contribution in [1.29, 1.82) is 0 Å². The highest BCUT2D eigenvalue weighted by Gasteiger charge is 2.57. The smallest absolute Gasteiger partial charge is 0.344 e. The van der Waals surface area contributed by atoms with E-state index in [0.717, 1.165) is 11.5 Å². The van der Waals surface area contributed by atoms with Crippen LogP contribution in [0.15, 0.2) is 10.7 Å². The molecule has 0 saturated carbocycles. The van der Waals surface area contributed by atoms with Crippen molar-refractivity contribution in [2.75, 3.05) is 25.2 Å². The van der Waals surface area contributed by atoms with Gasteiger partial charge in [0.2, 0.25) is 24.1 Å². The van der Waals surface area contributed by atoms with Gasteiger partial charge >= 0.3 is 11.9 Å².